The maximum Gasteiger partial charge on any atom is 0.192 e. The summed E-state index contributed by atoms with van der Waals surface area (Å²) in [5, 5.41) is 0.794. The number of nitrogens with zero attached hydrogens (tertiary/aromatic N) is 1. The van der Waals surface area contributed by atoms with E-state index in [0.717, 1.165) is 26.5 Å². The van der Waals surface area contributed by atoms with Crippen molar-refractivity contribution in [3.63, 3.8) is 0 Å². The van der Waals surface area contributed by atoms with Crippen LogP contribution in [-0.2, 0) is 5.33 Å². The Hall–Kier alpha value is -0.350. The van der Waals surface area contributed by atoms with Crippen LogP contribution in [0.5, 0.6) is 0 Å². The third-order valence-electron chi connectivity index (χ3n) is 1.83. The monoisotopic (exact) mass is 303 g/mol. The number of aromatic nitrogens is 1. The number of halogens is 2. The van der Waals surface area contributed by atoms with Crippen molar-refractivity contribution in [3.8, 4) is 0 Å². The first-order valence-electron chi connectivity index (χ1n) is 3.83. The first-order valence-corrected chi connectivity index (χ1v) is 5.74. The Bertz CT molecular complexity index is 450. The number of alkyl halides is 1. The largest absolute Gasteiger partial charge is 0.440 e. The first kappa shape index (κ1) is 9.21. The fraction of sp³-hybridized carbons (Fsp3) is 0.222. The molecule has 0 saturated heterocycles. The molecular formula is C9H7Br2NO. The third kappa shape index (κ3) is 1.53. The van der Waals surface area contributed by atoms with E-state index in [9.17, 15) is 0 Å². The van der Waals surface area contributed by atoms with Crippen molar-refractivity contribution in [1.29, 1.82) is 0 Å². The summed E-state index contributed by atoms with van der Waals surface area (Å²) in [6.07, 6.45) is 0. The molecule has 0 N–H and O–H groups in total. The van der Waals surface area contributed by atoms with Crippen LogP contribution < -0.4 is 0 Å². The number of aryl methyl sites for hydroxylation is 1. The lowest BCUT2D eigenvalue weighted by molar-refractivity contribution is 0.559. The smallest absolute Gasteiger partial charge is 0.192 e. The van der Waals surface area contributed by atoms with Crippen molar-refractivity contribution in [2.75, 3.05) is 0 Å². The maximum absolute atomic E-state index is 5.46. The summed E-state index contributed by atoms with van der Waals surface area (Å²) in [7, 11) is 0. The molecule has 1 aromatic carbocycles. The zero-order valence-electron chi connectivity index (χ0n) is 6.97. The molecule has 1 heterocycles. The van der Waals surface area contributed by atoms with Crippen LogP contribution in [0.3, 0.4) is 0 Å². The Labute approximate surface area is 92.6 Å². The van der Waals surface area contributed by atoms with Gasteiger partial charge in [0.05, 0.1) is 4.47 Å². The Balaban J connectivity index is 2.83. The van der Waals surface area contributed by atoms with E-state index in [4.69, 9.17) is 4.42 Å². The highest BCUT2D eigenvalue weighted by molar-refractivity contribution is 9.10. The Morgan fingerprint density at radius 2 is 2.23 bits per heavy atom. The summed E-state index contributed by atoms with van der Waals surface area (Å²) in [6.45, 7) is 1.85. The van der Waals surface area contributed by atoms with Crippen molar-refractivity contribution in [2.45, 2.75) is 12.3 Å². The molecule has 1 aromatic heterocycles. The standard InChI is InChI=1S/C9H7Br2NO/c1-5-12-8-6(4-10)2-3-7(11)9(8)13-5/h2-3H,4H2,1H3. The van der Waals surface area contributed by atoms with Gasteiger partial charge in [-0.3, -0.25) is 0 Å². The molecule has 68 valence electrons. The SMILES string of the molecule is Cc1nc2c(CBr)ccc(Br)c2o1. The van der Waals surface area contributed by atoms with E-state index in [1.165, 1.54) is 0 Å². The maximum atomic E-state index is 5.46. The van der Waals surface area contributed by atoms with E-state index in [1.807, 2.05) is 19.1 Å². The molecule has 0 amide bonds. The fourth-order valence-corrected chi connectivity index (χ4v) is 2.10. The van der Waals surface area contributed by atoms with Crippen LogP contribution in [0.2, 0.25) is 0 Å². The first-order chi connectivity index (χ1) is 6.22. The molecular weight excluding hydrogens is 298 g/mol. The van der Waals surface area contributed by atoms with E-state index >= 15 is 0 Å². The molecule has 0 aliphatic heterocycles. The molecule has 0 aliphatic rings. The average molecular weight is 305 g/mol. The van der Waals surface area contributed by atoms with Gasteiger partial charge in [0.2, 0.25) is 0 Å². The molecule has 2 aromatic rings. The lowest BCUT2D eigenvalue weighted by Crippen LogP contribution is -1.80. The van der Waals surface area contributed by atoms with Crippen LogP contribution in [0, 0.1) is 6.92 Å². The molecule has 0 spiro atoms. The number of rotatable bonds is 1. The second-order valence-corrected chi connectivity index (χ2v) is 4.17. The molecule has 0 unspecified atom stereocenters. The zero-order chi connectivity index (χ0) is 9.42. The predicted molar refractivity (Wildman–Crippen MR) is 59.1 cm³/mol. The van der Waals surface area contributed by atoms with E-state index in [1.54, 1.807) is 0 Å². The Morgan fingerprint density at radius 3 is 2.92 bits per heavy atom. The van der Waals surface area contributed by atoms with Crippen LogP contribution in [-0.4, -0.2) is 4.98 Å². The van der Waals surface area contributed by atoms with Gasteiger partial charge in [-0.15, -0.1) is 0 Å². The highest BCUT2D eigenvalue weighted by atomic mass is 79.9. The van der Waals surface area contributed by atoms with Crippen LogP contribution in [0.1, 0.15) is 11.5 Å². The summed E-state index contributed by atoms with van der Waals surface area (Å²) in [5.74, 6) is 0.698. The minimum Gasteiger partial charge on any atom is -0.440 e. The normalized spacial score (nSPS) is 11.0. The summed E-state index contributed by atoms with van der Waals surface area (Å²) in [6, 6.07) is 4.01. The fourth-order valence-electron chi connectivity index (χ4n) is 1.24. The molecule has 0 bridgehead atoms. The molecule has 0 radical (unpaired) electrons. The highest BCUT2D eigenvalue weighted by Gasteiger charge is 2.09. The zero-order valence-corrected chi connectivity index (χ0v) is 10.1. The van der Waals surface area contributed by atoms with E-state index in [2.05, 4.69) is 36.8 Å². The lowest BCUT2D eigenvalue weighted by atomic mass is 10.2. The van der Waals surface area contributed by atoms with E-state index < -0.39 is 0 Å². The molecule has 0 aliphatic carbocycles. The molecule has 2 rings (SSSR count). The molecule has 0 fully saturated rings. The Kier molecular flexibility index (Phi) is 2.43. The molecule has 2 nitrogen and oxygen atoms in total. The van der Waals surface area contributed by atoms with Gasteiger partial charge < -0.3 is 4.42 Å². The van der Waals surface area contributed by atoms with Gasteiger partial charge in [0.1, 0.15) is 5.52 Å². The second-order valence-electron chi connectivity index (χ2n) is 2.75. The number of benzene rings is 1. The van der Waals surface area contributed by atoms with Crippen molar-refractivity contribution >= 4 is 43.0 Å². The summed E-state index contributed by atoms with van der Waals surface area (Å²) >= 11 is 6.84. The lowest BCUT2D eigenvalue weighted by Gasteiger charge is -1.96. The summed E-state index contributed by atoms with van der Waals surface area (Å²) in [5.41, 5.74) is 2.91. The van der Waals surface area contributed by atoms with Crippen LogP contribution in [0.4, 0.5) is 0 Å². The number of fused-ring (bicyclic) bond motifs is 1. The van der Waals surface area contributed by atoms with Gasteiger partial charge in [-0.25, -0.2) is 4.98 Å². The van der Waals surface area contributed by atoms with Crippen LogP contribution in [0.15, 0.2) is 21.0 Å². The minimum atomic E-state index is 0.698. The van der Waals surface area contributed by atoms with Crippen molar-refractivity contribution in [3.05, 3.63) is 28.1 Å². The van der Waals surface area contributed by atoms with Crippen molar-refractivity contribution in [1.82, 2.24) is 4.98 Å². The van der Waals surface area contributed by atoms with Gasteiger partial charge in [0, 0.05) is 12.3 Å². The minimum absolute atomic E-state index is 0.698. The van der Waals surface area contributed by atoms with Gasteiger partial charge in [0.25, 0.3) is 0 Å². The topological polar surface area (TPSA) is 26.0 Å². The van der Waals surface area contributed by atoms with Crippen LogP contribution >= 0.6 is 31.9 Å². The van der Waals surface area contributed by atoms with E-state index in [-0.39, 0.29) is 0 Å². The van der Waals surface area contributed by atoms with Gasteiger partial charge in [-0.2, -0.15) is 0 Å². The molecule has 0 atom stereocenters. The second kappa shape index (κ2) is 3.42. The molecule has 0 saturated carbocycles. The van der Waals surface area contributed by atoms with Gasteiger partial charge in [-0.05, 0) is 27.6 Å². The molecule has 13 heavy (non-hydrogen) atoms. The number of hydrogen-bond acceptors (Lipinski definition) is 2. The van der Waals surface area contributed by atoms with Gasteiger partial charge in [-0.1, -0.05) is 22.0 Å². The summed E-state index contributed by atoms with van der Waals surface area (Å²) in [4.78, 5) is 4.32. The third-order valence-corrected chi connectivity index (χ3v) is 3.06. The Morgan fingerprint density at radius 1 is 1.46 bits per heavy atom. The van der Waals surface area contributed by atoms with Crippen molar-refractivity contribution in [2.24, 2.45) is 0 Å². The summed E-state index contributed by atoms with van der Waals surface area (Å²) < 4.78 is 6.41. The average Bonchev–Trinajstić information content (AvgIpc) is 2.48. The van der Waals surface area contributed by atoms with Crippen LogP contribution in [0.25, 0.3) is 11.1 Å². The molecule has 4 heteroatoms. The van der Waals surface area contributed by atoms with Gasteiger partial charge in [0.15, 0.2) is 11.5 Å². The predicted octanol–water partition coefficient (Wildman–Crippen LogP) is 3.79. The van der Waals surface area contributed by atoms with Crippen molar-refractivity contribution < 1.29 is 4.42 Å². The quantitative estimate of drug-likeness (QED) is 0.749. The number of hydrogen-bond donors (Lipinski definition) is 0. The van der Waals surface area contributed by atoms with E-state index in [0.29, 0.717) is 5.89 Å². The van der Waals surface area contributed by atoms with Gasteiger partial charge >= 0.3 is 0 Å². The highest BCUT2D eigenvalue weighted by Crippen LogP contribution is 2.28. The number of oxazole rings is 1.